The summed E-state index contributed by atoms with van der Waals surface area (Å²) in [6, 6.07) is 3.99. The van der Waals surface area contributed by atoms with E-state index in [2.05, 4.69) is 14.9 Å². The van der Waals surface area contributed by atoms with Gasteiger partial charge in [0.15, 0.2) is 5.82 Å². The molecule has 0 saturated heterocycles. The van der Waals surface area contributed by atoms with Gasteiger partial charge >= 0.3 is 0 Å². The zero-order valence-electron chi connectivity index (χ0n) is 9.74. The maximum Gasteiger partial charge on any atom is 0.263 e. The minimum Gasteiger partial charge on any atom is -0.394 e. The van der Waals surface area contributed by atoms with Crippen molar-refractivity contribution in [3.63, 3.8) is 0 Å². The molecule has 0 saturated carbocycles. The van der Waals surface area contributed by atoms with E-state index >= 15 is 0 Å². The van der Waals surface area contributed by atoms with E-state index in [0.29, 0.717) is 5.69 Å². The van der Waals surface area contributed by atoms with Gasteiger partial charge in [-0.25, -0.2) is 8.42 Å². The number of anilines is 2. The second-order valence-corrected chi connectivity index (χ2v) is 6.29. The Morgan fingerprint density at radius 2 is 2.00 bits per heavy atom. The zero-order valence-corrected chi connectivity index (χ0v) is 12.1. The number of aromatic amines is 1. The van der Waals surface area contributed by atoms with E-state index < -0.39 is 10.0 Å². The van der Waals surface area contributed by atoms with E-state index in [-0.39, 0.29) is 26.4 Å². The van der Waals surface area contributed by atoms with Gasteiger partial charge in [0.05, 0.1) is 26.3 Å². The van der Waals surface area contributed by atoms with Crippen molar-refractivity contribution in [2.45, 2.75) is 11.8 Å². The topological polar surface area (TPSA) is 101 Å². The summed E-state index contributed by atoms with van der Waals surface area (Å²) in [4.78, 5) is -0.0260. The van der Waals surface area contributed by atoms with Crippen molar-refractivity contribution in [1.29, 1.82) is 0 Å². The van der Waals surface area contributed by atoms with Gasteiger partial charge < -0.3 is 5.73 Å². The van der Waals surface area contributed by atoms with Crippen LogP contribution in [0.3, 0.4) is 0 Å². The van der Waals surface area contributed by atoms with Crippen LogP contribution < -0.4 is 10.5 Å². The van der Waals surface area contributed by atoms with Gasteiger partial charge in [0, 0.05) is 0 Å². The van der Waals surface area contributed by atoms with Gasteiger partial charge in [0.2, 0.25) is 0 Å². The third kappa shape index (κ3) is 2.78. The van der Waals surface area contributed by atoms with Crippen LogP contribution in [0.2, 0.25) is 10.0 Å². The molecular formula is C10H10Cl2N4O2S. The Morgan fingerprint density at radius 1 is 1.32 bits per heavy atom. The summed E-state index contributed by atoms with van der Waals surface area (Å²) in [6.07, 6.45) is 0. The summed E-state index contributed by atoms with van der Waals surface area (Å²) < 4.78 is 26.5. The van der Waals surface area contributed by atoms with Crippen molar-refractivity contribution in [2.75, 3.05) is 10.5 Å². The molecule has 1 aromatic heterocycles. The van der Waals surface area contributed by atoms with Crippen molar-refractivity contribution in [2.24, 2.45) is 0 Å². The number of nitrogens with one attached hydrogen (secondary N) is 2. The maximum atomic E-state index is 12.1. The van der Waals surface area contributed by atoms with Crippen LogP contribution in [0.15, 0.2) is 23.1 Å². The number of sulfonamides is 1. The molecule has 0 fully saturated rings. The number of nitrogen functional groups attached to an aromatic ring is 1. The Balaban J connectivity index is 2.37. The van der Waals surface area contributed by atoms with E-state index in [0.717, 1.165) is 0 Å². The van der Waals surface area contributed by atoms with Gasteiger partial charge in [-0.15, -0.1) is 0 Å². The normalized spacial score (nSPS) is 11.5. The number of nitrogens with zero attached hydrogens (tertiary/aromatic N) is 1. The zero-order chi connectivity index (χ0) is 14.2. The number of aryl methyl sites for hydroxylation is 1. The number of hydrogen-bond donors (Lipinski definition) is 3. The van der Waals surface area contributed by atoms with E-state index in [9.17, 15) is 8.42 Å². The summed E-state index contributed by atoms with van der Waals surface area (Å²) in [5, 5.41) is 6.77. The molecule has 6 nitrogen and oxygen atoms in total. The summed E-state index contributed by atoms with van der Waals surface area (Å²) in [5.74, 6) is 0.0450. The first-order valence-corrected chi connectivity index (χ1v) is 7.33. The average Bonchev–Trinajstić information content (AvgIpc) is 2.64. The molecule has 0 aliphatic carbocycles. The molecule has 0 bridgehead atoms. The lowest BCUT2D eigenvalue weighted by atomic mass is 10.4. The van der Waals surface area contributed by atoms with E-state index in [1.54, 1.807) is 6.92 Å². The Labute approximate surface area is 120 Å². The molecule has 0 amide bonds. The molecule has 9 heteroatoms. The quantitative estimate of drug-likeness (QED) is 0.808. The van der Waals surface area contributed by atoms with E-state index in [1.165, 1.54) is 18.2 Å². The monoisotopic (exact) mass is 320 g/mol. The predicted molar refractivity (Wildman–Crippen MR) is 75.0 cm³/mol. The number of nitrogens with two attached hydrogens (primary N) is 1. The summed E-state index contributed by atoms with van der Waals surface area (Å²) >= 11 is 11.5. The van der Waals surface area contributed by atoms with Crippen LogP contribution in [-0.2, 0) is 10.0 Å². The predicted octanol–water partition coefficient (Wildman–Crippen LogP) is 2.41. The fraction of sp³-hybridized carbons (Fsp3) is 0.100. The molecule has 4 N–H and O–H groups in total. The third-order valence-electron chi connectivity index (χ3n) is 2.43. The molecule has 0 unspecified atom stereocenters. The number of benzene rings is 1. The first-order valence-electron chi connectivity index (χ1n) is 5.09. The number of aromatic nitrogens is 2. The first-order chi connectivity index (χ1) is 8.81. The average molecular weight is 321 g/mol. The fourth-order valence-corrected chi connectivity index (χ4v) is 2.76. The lowest BCUT2D eigenvalue weighted by Gasteiger charge is -2.07. The molecule has 0 spiro atoms. The number of H-pyrrole nitrogens is 1. The molecule has 2 rings (SSSR count). The lowest BCUT2D eigenvalue weighted by molar-refractivity contribution is 0.601. The molecule has 0 aliphatic rings. The van der Waals surface area contributed by atoms with Crippen LogP contribution in [0, 0.1) is 6.92 Å². The SMILES string of the molecule is Cc1[nH]nc(NS(=O)(=O)c2ccc(Cl)c(Cl)c2)c1N. The minimum absolute atomic E-state index is 0.0260. The van der Waals surface area contributed by atoms with Gasteiger partial charge in [-0.2, -0.15) is 5.10 Å². The van der Waals surface area contributed by atoms with E-state index in [4.69, 9.17) is 28.9 Å². The molecule has 2 aromatic rings. The van der Waals surface area contributed by atoms with Crippen LogP contribution >= 0.6 is 23.2 Å². The number of halogens is 2. The van der Waals surface area contributed by atoms with Crippen molar-refractivity contribution < 1.29 is 8.42 Å². The fourth-order valence-electron chi connectivity index (χ4n) is 1.35. The Morgan fingerprint density at radius 3 is 2.53 bits per heavy atom. The second-order valence-electron chi connectivity index (χ2n) is 3.79. The molecule has 19 heavy (non-hydrogen) atoms. The van der Waals surface area contributed by atoms with Crippen LogP contribution in [0.25, 0.3) is 0 Å². The van der Waals surface area contributed by atoms with Gasteiger partial charge in [-0.1, -0.05) is 23.2 Å². The maximum absolute atomic E-state index is 12.1. The van der Waals surface area contributed by atoms with Crippen molar-refractivity contribution in [3.8, 4) is 0 Å². The first kappa shape index (κ1) is 14.0. The highest BCUT2D eigenvalue weighted by molar-refractivity contribution is 7.92. The number of hydrogen-bond acceptors (Lipinski definition) is 4. The standard InChI is InChI=1S/C10H10Cl2N4O2S/c1-5-9(13)10(15-14-5)16-19(17,18)6-2-3-7(11)8(12)4-6/h2-4H,13H2,1H3,(H2,14,15,16). The largest absolute Gasteiger partial charge is 0.394 e. The molecule has 102 valence electrons. The Bertz CT molecular complexity index is 727. The van der Waals surface area contributed by atoms with Crippen LogP contribution in [0.1, 0.15) is 5.69 Å². The van der Waals surface area contributed by atoms with Crippen LogP contribution in [-0.4, -0.2) is 18.6 Å². The molecular weight excluding hydrogens is 311 g/mol. The number of rotatable bonds is 3. The van der Waals surface area contributed by atoms with Gasteiger partial charge in [-0.3, -0.25) is 9.82 Å². The van der Waals surface area contributed by atoms with Gasteiger partial charge in [0.1, 0.15) is 0 Å². The highest BCUT2D eigenvalue weighted by atomic mass is 35.5. The highest BCUT2D eigenvalue weighted by Crippen LogP contribution is 2.27. The summed E-state index contributed by atoms with van der Waals surface area (Å²) in [7, 11) is -3.82. The van der Waals surface area contributed by atoms with Crippen LogP contribution in [0.5, 0.6) is 0 Å². The van der Waals surface area contributed by atoms with E-state index in [1.807, 2.05) is 0 Å². The van der Waals surface area contributed by atoms with Crippen LogP contribution in [0.4, 0.5) is 11.5 Å². The molecule has 1 heterocycles. The Kier molecular flexibility index (Phi) is 3.62. The lowest BCUT2D eigenvalue weighted by Crippen LogP contribution is -2.14. The molecule has 0 atom stereocenters. The smallest absolute Gasteiger partial charge is 0.263 e. The van der Waals surface area contributed by atoms with Crippen molar-refractivity contribution in [1.82, 2.24) is 10.2 Å². The second kappa shape index (κ2) is 4.92. The highest BCUT2D eigenvalue weighted by Gasteiger charge is 2.19. The van der Waals surface area contributed by atoms with Gasteiger partial charge in [-0.05, 0) is 25.1 Å². The summed E-state index contributed by atoms with van der Waals surface area (Å²) in [6.45, 7) is 1.68. The van der Waals surface area contributed by atoms with Gasteiger partial charge in [0.25, 0.3) is 10.0 Å². The third-order valence-corrected chi connectivity index (χ3v) is 4.50. The Hall–Kier alpha value is -1.44. The van der Waals surface area contributed by atoms with Crippen molar-refractivity contribution >= 4 is 44.7 Å². The minimum atomic E-state index is -3.82. The molecule has 1 aromatic carbocycles. The molecule has 0 aliphatic heterocycles. The summed E-state index contributed by atoms with van der Waals surface area (Å²) in [5.41, 5.74) is 6.49. The molecule has 0 radical (unpaired) electrons. The van der Waals surface area contributed by atoms with Crippen molar-refractivity contribution in [3.05, 3.63) is 33.9 Å².